The van der Waals surface area contributed by atoms with Gasteiger partial charge in [0.2, 0.25) is 0 Å². The second-order valence-electron chi connectivity index (χ2n) is 5.22. The third-order valence-electron chi connectivity index (χ3n) is 3.89. The molecule has 0 amide bonds. The van der Waals surface area contributed by atoms with E-state index in [9.17, 15) is 0 Å². The van der Waals surface area contributed by atoms with Gasteiger partial charge in [-0.2, -0.15) is 0 Å². The SMILES string of the molecule is C1CCCCCC2OCCOC2CCCC1. The van der Waals surface area contributed by atoms with Crippen molar-refractivity contribution in [3.63, 3.8) is 0 Å². The zero-order valence-electron chi connectivity index (χ0n) is 10.5. The maximum absolute atomic E-state index is 5.86. The van der Waals surface area contributed by atoms with Gasteiger partial charge in [0, 0.05) is 0 Å². The first-order valence-electron chi connectivity index (χ1n) is 7.20. The van der Waals surface area contributed by atoms with E-state index in [0.29, 0.717) is 12.2 Å². The largest absolute Gasteiger partial charge is 0.373 e. The molecule has 0 N–H and O–H groups in total. The predicted molar refractivity (Wildman–Crippen MR) is 65.7 cm³/mol. The number of hydrogen-bond donors (Lipinski definition) is 0. The van der Waals surface area contributed by atoms with Crippen molar-refractivity contribution in [3.8, 4) is 0 Å². The molecule has 1 saturated heterocycles. The van der Waals surface area contributed by atoms with Crippen LogP contribution in [0.25, 0.3) is 0 Å². The Hall–Kier alpha value is -0.0800. The van der Waals surface area contributed by atoms with Crippen LogP contribution < -0.4 is 0 Å². The van der Waals surface area contributed by atoms with Crippen LogP contribution in [0.4, 0.5) is 0 Å². The Kier molecular flexibility index (Phi) is 5.64. The molecule has 1 saturated carbocycles. The minimum Gasteiger partial charge on any atom is -0.373 e. The van der Waals surface area contributed by atoms with E-state index < -0.39 is 0 Å². The molecule has 0 radical (unpaired) electrons. The molecule has 2 nitrogen and oxygen atoms in total. The molecular weight excluding hydrogens is 200 g/mol. The van der Waals surface area contributed by atoms with Gasteiger partial charge in [0.1, 0.15) is 0 Å². The van der Waals surface area contributed by atoms with Gasteiger partial charge in [-0.25, -0.2) is 0 Å². The summed E-state index contributed by atoms with van der Waals surface area (Å²) in [5.41, 5.74) is 0. The molecule has 0 bridgehead atoms. The zero-order chi connectivity index (χ0) is 11.1. The Balaban J connectivity index is 1.79. The molecular formula is C14H26O2. The highest BCUT2D eigenvalue weighted by Gasteiger charge is 2.25. The fraction of sp³-hybridized carbons (Fsp3) is 1.00. The lowest BCUT2D eigenvalue weighted by Gasteiger charge is -2.32. The number of rotatable bonds is 0. The average Bonchev–Trinajstić information content (AvgIpc) is 2.30. The first kappa shape index (κ1) is 12.4. The van der Waals surface area contributed by atoms with Gasteiger partial charge in [0.15, 0.2) is 0 Å². The van der Waals surface area contributed by atoms with Crippen molar-refractivity contribution in [3.05, 3.63) is 0 Å². The van der Waals surface area contributed by atoms with Crippen LogP contribution in [0, 0.1) is 0 Å². The summed E-state index contributed by atoms with van der Waals surface area (Å²) in [4.78, 5) is 0. The predicted octanol–water partition coefficient (Wildman–Crippen LogP) is 3.69. The monoisotopic (exact) mass is 226 g/mol. The third kappa shape index (κ3) is 4.06. The molecule has 0 spiro atoms. The number of ether oxygens (including phenoxy) is 2. The lowest BCUT2D eigenvalue weighted by molar-refractivity contribution is -0.145. The summed E-state index contributed by atoms with van der Waals surface area (Å²) in [5.74, 6) is 0. The van der Waals surface area contributed by atoms with Gasteiger partial charge in [-0.05, 0) is 12.8 Å². The van der Waals surface area contributed by atoms with Crippen LogP contribution >= 0.6 is 0 Å². The minimum absolute atomic E-state index is 0.396. The third-order valence-corrected chi connectivity index (χ3v) is 3.89. The van der Waals surface area contributed by atoms with Crippen molar-refractivity contribution in [2.24, 2.45) is 0 Å². The normalized spacial score (nSPS) is 34.5. The van der Waals surface area contributed by atoms with Crippen molar-refractivity contribution < 1.29 is 9.47 Å². The summed E-state index contributed by atoms with van der Waals surface area (Å²) in [7, 11) is 0. The molecule has 1 aliphatic heterocycles. The molecule has 16 heavy (non-hydrogen) atoms. The van der Waals surface area contributed by atoms with Gasteiger partial charge in [-0.15, -0.1) is 0 Å². The Labute approximate surface area is 99.7 Å². The van der Waals surface area contributed by atoms with E-state index in [1.165, 1.54) is 64.2 Å². The van der Waals surface area contributed by atoms with Crippen LogP contribution in [0.1, 0.15) is 64.2 Å². The lowest BCUT2D eigenvalue weighted by Crippen LogP contribution is -2.38. The van der Waals surface area contributed by atoms with E-state index >= 15 is 0 Å². The first-order valence-corrected chi connectivity index (χ1v) is 7.20. The average molecular weight is 226 g/mol. The number of fused-ring (bicyclic) bond motifs is 1. The summed E-state index contributed by atoms with van der Waals surface area (Å²) < 4.78 is 11.7. The molecule has 0 aromatic carbocycles. The second-order valence-corrected chi connectivity index (χ2v) is 5.22. The second kappa shape index (κ2) is 7.29. The molecule has 0 aromatic rings. The molecule has 1 aliphatic carbocycles. The van der Waals surface area contributed by atoms with Crippen molar-refractivity contribution >= 4 is 0 Å². The molecule has 2 fully saturated rings. The molecule has 2 heteroatoms. The van der Waals surface area contributed by atoms with Crippen LogP contribution in [-0.4, -0.2) is 25.4 Å². The summed E-state index contributed by atoms with van der Waals surface area (Å²) in [6.45, 7) is 1.61. The molecule has 0 aromatic heterocycles. The van der Waals surface area contributed by atoms with Crippen molar-refractivity contribution in [2.75, 3.05) is 13.2 Å². The van der Waals surface area contributed by atoms with E-state index in [2.05, 4.69) is 0 Å². The first-order chi connectivity index (χ1) is 7.97. The summed E-state index contributed by atoms with van der Waals surface area (Å²) in [5, 5.41) is 0. The fourth-order valence-corrected chi connectivity index (χ4v) is 2.90. The van der Waals surface area contributed by atoms with Crippen LogP contribution in [0.2, 0.25) is 0 Å². The van der Waals surface area contributed by atoms with Gasteiger partial charge in [0.05, 0.1) is 25.4 Å². The molecule has 1 heterocycles. The van der Waals surface area contributed by atoms with Gasteiger partial charge in [-0.3, -0.25) is 0 Å². The van der Waals surface area contributed by atoms with Crippen LogP contribution in [0.3, 0.4) is 0 Å². The molecule has 2 rings (SSSR count). The molecule has 2 atom stereocenters. The summed E-state index contributed by atoms with van der Waals surface area (Å²) in [6, 6.07) is 0. The highest BCUT2D eigenvalue weighted by Crippen LogP contribution is 2.23. The number of hydrogen-bond acceptors (Lipinski definition) is 2. The highest BCUT2D eigenvalue weighted by molar-refractivity contribution is 4.74. The van der Waals surface area contributed by atoms with Gasteiger partial charge in [0.25, 0.3) is 0 Å². The van der Waals surface area contributed by atoms with Crippen LogP contribution in [0.5, 0.6) is 0 Å². The summed E-state index contributed by atoms with van der Waals surface area (Å²) >= 11 is 0. The highest BCUT2D eigenvalue weighted by atomic mass is 16.6. The van der Waals surface area contributed by atoms with Crippen LogP contribution in [-0.2, 0) is 9.47 Å². The molecule has 2 aliphatic rings. The van der Waals surface area contributed by atoms with E-state index in [0.717, 1.165) is 13.2 Å². The quantitative estimate of drug-likeness (QED) is 0.627. The van der Waals surface area contributed by atoms with E-state index in [-0.39, 0.29) is 0 Å². The lowest BCUT2D eigenvalue weighted by atomic mass is 9.97. The Morgan fingerprint density at radius 3 is 1.31 bits per heavy atom. The standard InChI is InChI=1S/C14H26O2/c1-2-4-6-8-10-14-13(9-7-5-3-1)15-11-12-16-14/h13-14H,1-12H2. The van der Waals surface area contributed by atoms with E-state index in [1.807, 2.05) is 0 Å². The van der Waals surface area contributed by atoms with E-state index in [4.69, 9.17) is 9.47 Å². The van der Waals surface area contributed by atoms with E-state index in [1.54, 1.807) is 0 Å². The van der Waals surface area contributed by atoms with Crippen molar-refractivity contribution in [1.82, 2.24) is 0 Å². The smallest absolute Gasteiger partial charge is 0.0837 e. The Morgan fingerprint density at radius 2 is 0.875 bits per heavy atom. The minimum atomic E-state index is 0.396. The van der Waals surface area contributed by atoms with Gasteiger partial charge >= 0.3 is 0 Å². The molecule has 94 valence electrons. The summed E-state index contributed by atoms with van der Waals surface area (Å²) in [6.07, 6.45) is 14.3. The Morgan fingerprint density at radius 1 is 0.500 bits per heavy atom. The van der Waals surface area contributed by atoms with Crippen LogP contribution in [0.15, 0.2) is 0 Å². The molecule has 2 unspecified atom stereocenters. The topological polar surface area (TPSA) is 18.5 Å². The van der Waals surface area contributed by atoms with Crippen molar-refractivity contribution in [1.29, 1.82) is 0 Å². The van der Waals surface area contributed by atoms with Gasteiger partial charge < -0.3 is 9.47 Å². The fourth-order valence-electron chi connectivity index (χ4n) is 2.90. The maximum atomic E-state index is 5.86. The van der Waals surface area contributed by atoms with Crippen molar-refractivity contribution in [2.45, 2.75) is 76.4 Å². The van der Waals surface area contributed by atoms with Gasteiger partial charge in [-0.1, -0.05) is 51.4 Å². The maximum Gasteiger partial charge on any atom is 0.0837 e. The Bertz CT molecular complexity index is 162. The zero-order valence-corrected chi connectivity index (χ0v) is 10.5.